The Kier molecular flexibility index (Phi) is 2.84. The summed E-state index contributed by atoms with van der Waals surface area (Å²) in [7, 11) is 0. The molecule has 1 fully saturated rings. The zero-order valence-corrected chi connectivity index (χ0v) is 9.56. The highest BCUT2D eigenvalue weighted by molar-refractivity contribution is 8.19. The molecule has 6 heteroatoms. The maximum atomic E-state index is 11.0. The molecular weight excluding hydrogens is 246 g/mol. The number of hydrogen-bond acceptors (Lipinski definition) is 5. The summed E-state index contributed by atoms with van der Waals surface area (Å²) in [5.41, 5.74) is 0.664. The number of thiocarbonyl (C=S) groups is 1. The zero-order chi connectivity index (χ0) is 11.7. The van der Waals surface area contributed by atoms with E-state index < -0.39 is 0 Å². The van der Waals surface area contributed by atoms with Crippen LogP contribution in [0.3, 0.4) is 0 Å². The fourth-order valence-electron chi connectivity index (χ4n) is 1.20. The van der Waals surface area contributed by atoms with Crippen molar-refractivity contribution in [3.63, 3.8) is 0 Å². The quantitative estimate of drug-likeness (QED) is 0.407. The molecule has 0 spiro atoms. The summed E-state index contributed by atoms with van der Waals surface area (Å²) >= 11 is 5.95. The molecule has 0 bridgehead atoms. The van der Waals surface area contributed by atoms with Crippen molar-refractivity contribution in [1.29, 1.82) is 0 Å². The second kappa shape index (κ2) is 4.15. The van der Waals surface area contributed by atoms with Crippen molar-refractivity contribution in [2.45, 2.75) is 0 Å². The van der Waals surface area contributed by atoms with Crippen LogP contribution in [0.4, 0.5) is 4.79 Å². The second-order valence-corrected chi connectivity index (χ2v) is 4.52. The Bertz CT molecular complexity index is 511. The number of thioether (sulfide) groups is 1. The van der Waals surface area contributed by atoms with Crippen LogP contribution in [0.25, 0.3) is 6.08 Å². The molecule has 16 heavy (non-hydrogen) atoms. The summed E-state index contributed by atoms with van der Waals surface area (Å²) in [5.74, 6) is -0.388. The number of phenolic OH excluding ortho intramolecular Hbond substituents is 2. The molecular formula is C10H7NO3S2. The lowest BCUT2D eigenvalue weighted by Crippen LogP contribution is -2.15. The van der Waals surface area contributed by atoms with Crippen LogP contribution in [0.15, 0.2) is 23.1 Å². The predicted octanol–water partition coefficient (Wildman–Crippen LogP) is 2.22. The summed E-state index contributed by atoms with van der Waals surface area (Å²) in [6, 6.07) is 4.39. The van der Waals surface area contributed by atoms with E-state index in [1.165, 1.54) is 12.1 Å². The molecule has 1 heterocycles. The molecule has 1 aromatic carbocycles. The van der Waals surface area contributed by atoms with Crippen molar-refractivity contribution in [3.8, 4) is 11.5 Å². The van der Waals surface area contributed by atoms with Gasteiger partial charge < -0.3 is 15.5 Å². The van der Waals surface area contributed by atoms with Gasteiger partial charge in [-0.3, -0.25) is 4.79 Å². The standard InChI is InChI=1S/C10H7NO3S2/c12-6-2-1-5(3-7(6)13)4-8-9(15)11-10(14)16-8/h1-4,12-13H,(H,11,14,15)/b8-4+. The van der Waals surface area contributed by atoms with Gasteiger partial charge in [0.25, 0.3) is 5.24 Å². The molecule has 0 saturated carbocycles. The number of rotatable bonds is 1. The summed E-state index contributed by atoms with van der Waals surface area (Å²) in [5, 5.41) is 20.7. The average Bonchev–Trinajstić information content (AvgIpc) is 2.51. The maximum Gasteiger partial charge on any atom is 0.289 e. The molecule has 1 aliphatic rings. The van der Waals surface area contributed by atoms with E-state index >= 15 is 0 Å². The summed E-state index contributed by atoms with van der Waals surface area (Å²) in [6.07, 6.45) is 1.67. The summed E-state index contributed by atoms with van der Waals surface area (Å²) < 4.78 is 0. The van der Waals surface area contributed by atoms with E-state index in [1.807, 2.05) is 0 Å². The van der Waals surface area contributed by atoms with Gasteiger partial charge in [0.05, 0.1) is 4.91 Å². The zero-order valence-electron chi connectivity index (χ0n) is 7.93. The Morgan fingerprint density at radius 1 is 1.31 bits per heavy atom. The van der Waals surface area contributed by atoms with Gasteiger partial charge in [0, 0.05) is 0 Å². The van der Waals surface area contributed by atoms with Crippen molar-refractivity contribution >= 4 is 40.3 Å². The average molecular weight is 253 g/mol. The van der Waals surface area contributed by atoms with Crippen molar-refractivity contribution in [2.75, 3.05) is 0 Å². The van der Waals surface area contributed by atoms with Crippen molar-refractivity contribution in [2.24, 2.45) is 0 Å². The van der Waals surface area contributed by atoms with E-state index in [-0.39, 0.29) is 16.7 Å². The lowest BCUT2D eigenvalue weighted by Gasteiger charge is -1.99. The van der Waals surface area contributed by atoms with E-state index in [4.69, 9.17) is 17.3 Å². The van der Waals surface area contributed by atoms with Gasteiger partial charge in [-0.1, -0.05) is 18.3 Å². The van der Waals surface area contributed by atoms with Crippen LogP contribution in [0.2, 0.25) is 0 Å². The minimum atomic E-state index is -0.209. The van der Waals surface area contributed by atoms with Gasteiger partial charge in [-0.15, -0.1) is 0 Å². The number of nitrogens with one attached hydrogen (secondary N) is 1. The predicted molar refractivity (Wildman–Crippen MR) is 66.5 cm³/mol. The van der Waals surface area contributed by atoms with E-state index in [1.54, 1.807) is 12.1 Å². The molecule has 82 valence electrons. The fourth-order valence-corrected chi connectivity index (χ4v) is 2.24. The van der Waals surface area contributed by atoms with Crippen LogP contribution in [-0.2, 0) is 0 Å². The van der Waals surface area contributed by atoms with Crippen LogP contribution in [-0.4, -0.2) is 20.4 Å². The van der Waals surface area contributed by atoms with Gasteiger partial charge in [-0.25, -0.2) is 0 Å². The fraction of sp³-hybridized carbons (Fsp3) is 0. The Morgan fingerprint density at radius 3 is 2.62 bits per heavy atom. The number of amides is 1. The third-order valence-corrected chi connectivity index (χ3v) is 3.22. The SMILES string of the molecule is O=C1NC(=S)/C(=C\c2ccc(O)c(O)c2)S1. The number of carbonyl (C=O) groups excluding carboxylic acids is 1. The van der Waals surface area contributed by atoms with Crippen LogP contribution < -0.4 is 5.32 Å². The minimum absolute atomic E-state index is 0.182. The van der Waals surface area contributed by atoms with Gasteiger partial charge in [-0.2, -0.15) is 0 Å². The molecule has 1 aliphatic heterocycles. The molecule has 0 unspecified atom stereocenters. The first-order valence-corrected chi connectivity index (χ1v) is 5.55. The van der Waals surface area contributed by atoms with Crippen LogP contribution in [0.5, 0.6) is 11.5 Å². The maximum absolute atomic E-state index is 11.0. The minimum Gasteiger partial charge on any atom is -0.504 e. The van der Waals surface area contributed by atoms with Crippen LogP contribution in [0.1, 0.15) is 5.56 Å². The highest BCUT2D eigenvalue weighted by atomic mass is 32.2. The second-order valence-electron chi connectivity index (χ2n) is 3.10. The third-order valence-electron chi connectivity index (χ3n) is 1.94. The molecule has 3 N–H and O–H groups in total. The number of hydrogen-bond donors (Lipinski definition) is 3. The van der Waals surface area contributed by atoms with E-state index in [2.05, 4.69) is 5.32 Å². The number of aromatic hydroxyl groups is 2. The Morgan fingerprint density at radius 2 is 2.06 bits per heavy atom. The van der Waals surface area contributed by atoms with Crippen LogP contribution >= 0.6 is 24.0 Å². The monoisotopic (exact) mass is 253 g/mol. The Labute approximate surface area is 101 Å². The van der Waals surface area contributed by atoms with Gasteiger partial charge >= 0.3 is 0 Å². The van der Waals surface area contributed by atoms with E-state index in [0.29, 0.717) is 15.5 Å². The highest BCUT2D eigenvalue weighted by Crippen LogP contribution is 2.30. The molecule has 1 amide bonds. The first-order chi connectivity index (χ1) is 7.56. The van der Waals surface area contributed by atoms with Gasteiger partial charge in [-0.05, 0) is 35.5 Å². The van der Waals surface area contributed by atoms with Crippen LogP contribution in [0, 0.1) is 0 Å². The van der Waals surface area contributed by atoms with E-state index in [9.17, 15) is 9.90 Å². The van der Waals surface area contributed by atoms with E-state index in [0.717, 1.165) is 11.8 Å². The molecule has 2 rings (SSSR count). The smallest absolute Gasteiger partial charge is 0.289 e. The topological polar surface area (TPSA) is 69.6 Å². The molecule has 0 atom stereocenters. The number of carbonyl (C=O) groups is 1. The number of benzene rings is 1. The van der Waals surface area contributed by atoms with Crippen molar-refractivity contribution in [3.05, 3.63) is 28.7 Å². The van der Waals surface area contributed by atoms with Gasteiger partial charge in [0.2, 0.25) is 0 Å². The molecule has 1 saturated heterocycles. The molecule has 0 aliphatic carbocycles. The van der Waals surface area contributed by atoms with Gasteiger partial charge in [0.15, 0.2) is 11.5 Å². The van der Waals surface area contributed by atoms with Gasteiger partial charge in [0.1, 0.15) is 4.99 Å². The first-order valence-electron chi connectivity index (χ1n) is 4.33. The summed E-state index contributed by atoms with van der Waals surface area (Å²) in [4.78, 5) is 12.0. The molecule has 1 aromatic rings. The largest absolute Gasteiger partial charge is 0.504 e. The Balaban J connectivity index is 2.32. The lowest BCUT2D eigenvalue weighted by molar-refractivity contribution is 0.265. The Hall–Kier alpha value is -1.53. The first kappa shape index (κ1) is 11.0. The molecule has 0 radical (unpaired) electrons. The normalized spacial score (nSPS) is 17.9. The highest BCUT2D eigenvalue weighted by Gasteiger charge is 2.21. The number of phenols is 2. The molecule has 0 aromatic heterocycles. The summed E-state index contributed by atoms with van der Waals surface area (Å²) in [6.45, 7) is 0. The van der Waals surface area contributed by atoms with Crippen molar-refractivity contribution in [1.82, 2.24) is 5.32 Å². The molecule has 4 nitrogen and oxygen atoms in total. The van der Waals surface area contributed by atoms with Crippen molar-refractivity contribution < 1.29 is 15.0 Å². The lowest BCUT2D eigenvalue weighted by atomic mass is 10.2. The third kappa shape index (κ3) is 2.17.